The number of H-pyrrole nitrogens is 1. The number of anilines is 1. The topological polar surface area (TPSA) is 27.8 Å². The average molecular weight is 250 g/mol. The van der Waals surface area contributed by atoms with E-state index in [-0.39, 0.29) is 0 Å². The van der Waals surface area contributed by atoms with Crippen LogP contribution in [0.5, 0.6) is 0 Å². The van der Waals surface area contributed by atoms with Crippen molar-refractivity contribution in [1.82, 2.24) is 4.98 Å². The van der Waals surface area contributed by atoms with Crippen molar-refractivity contribution in [1.29, 1.82) is 0 Å². The van der Waals surface area contributed by atoms with E-state index in [9.17, 15) is 0 Å². The second-order valence-corrected chi connectivity index (χ2v) is 4.76. The van der Waals surface area contributed by atoms with Crippen LogP contribution in [-0.2, 0) is 0 Å². The van der Waals surface area contributed by atoms with Gasteiger partial charge in [0.2, 0.25) is 0 Å². The Kier molecular flexibility index (Phi) is 3.23. The zero-order chi connectivity index (χ0) is 13.1. The lowest BCUT2D eigenvalue weighted by Gasteiger charge is -2.18. The van der Waals surface area contributed by atoms with Crippen LogP contribution in [0, 0.1) is 0 Å². The zero-order valence-electron chi connectivity index (χ0n) is 11.1. The summed E-state index contributed by atoms with van der Waals surface area (Å²) < 4.78 is 0. The first-order valence-corrected chi connectivity index (χ1v) is 6.76. The third kappa shape index (κ3) is 2.34. The molecule has 1 atom stereocenters. The molecule has 2 nitrogen and oxygen atoms in total. The maximum Gasteiger partial charge on any atom is 0.0532 e. The van der Waals surface area contributed by atoms with E-state index in [1.165, 1.54) is 22.2 Å². The standard InChI is InChI=1S/C17H18N2/c1-2-16(19-13-8-4-3-5-9-13)15-12-18-17-11-7-6-10-14(15)17/h3-12,16,18-19H,2H2,1H3. The molecule has 2 aromatic carbocycles. The summed E-state index contributed by atoms with van der Waals surface area (Å²) in [6.45, 7) is 2.21. The molecule has 1 aromatic heterocycles. The summed E-state index contributed by atoms with van der Waals surface area (Å²) in [5.41, 5.74) is 3.70. The van der Waals surface area contributed by atoms with Crippen LogP contribution >= 0.6 is 0 Å². The van der Waals surface area contributed by atoms with Crippen LogP contribution in [0.1, 0.15) is 24.9 Å². The number of aromatic nitrogens is 1. The molecule has 0 saturated carbocycles. The Balaban J connectivity index is 1.94. The molecular formula is C17H18N2. The van der Waals surface area contributed by atoms with Gasteiger partial charge < -0.3 is 10.3 Å². The van der Waals surface area contributed by atoms with Crippen molar-refractivity contribution in [2.45, 2.75) is 19.4 Å². The smallest absolute Gasteiger partial charge is 0.0532 e. The van der Waals surface area contributed by atoms with E-state index >= 15 is 0 Å². The van der Waals surface area contributed by atoms with Gasteiger partial charge in [0.1, 0.15) is 0 Å². The Morgan fingerprint density at radius 1 is 1.00 bits per heavy atom. The van der Waals surface area contributed by atoms with Crippen molar-refractivity contribution in [2.75, 3.05) is 5.32 Å². The lowest BCUT2D eigenvalue weighted by atomic mass is 10.0. The van der Waals surface area contributed by atoms with Gasteiger partial charge in [-0.15, -0.1) is 0 Å². The molecule has 0 amide bonds. The number of rotatable bonds is 4. The van der Waals surface area contributed by atoms with E-state index in [0.717, 1.165) is 6.42 Å². The lowest BCUT2D eigenvalue weighted by molar-refractivity contribution is 0.755. The highest BCUT2D eigenvalue weighted by Crippen LogP contribution is 2.28. The van der Waals surface area contributed by atoms with Gasteiger partial charge in [-0.2, -0.15) is 0 Å². The van der Waals surface area contributed by atoms with Gasteiger partial charge in [-0.05, 0) is 30.2 Å². The molecule has 0 aliphatic carbocycles. The van der Waals surface area contributed by atoms with E-state index in [1.54, 1.807) is 0 Å². The van der Waals surface area contributed by atoms with Gasteiger partial charge in [-0.25, -0.2) is 0 Å². The molecule has 3 aromatic rings. The van der Waals surface area contributed by atoms with Crippen molar-refractivity contribution in [3.05, 3.63) is 66.4 Å². The third-order valence-corrected chi connectivity index (χ3v) is 3.52. The predicted molar refractivity (Wildman–Crippen MR) is 81.4 cm³/mol. The van der Waals surface area contributed by atoms with Crippen LogP contribution < -0.4 is 5.32 Å². The molecule has 1 heterocycles. The van der Waals surface area contributed by atoms with Gasteiger partial charge in [0.05, 0.1) is 6.04 Å². The molecule has 0 bridgehead atoms. The van der Waals surface area contributed by atoms with Crippen LogP contribution in [-0.4, -0.2) is 4.98 Å². The number of hydrogen-bond donors (Lipinski definition) is 2. The summed E-state index contributed by atoms with van der Waals surface area (Å²) in [6.07, 6.45) is 3.17. The highest BCUT2D eigenvalue weighted by molar-refractivity contribution is 5.84. The Morgan fingerprint density at radius 3 is 2.53 bits per heavy atom. The number of para-hydroxylation sites is 2. The summed E-state index contributed by atoms with van der Waals surface area (Å²) in [7, 11) is 0. The molecular weight excluding hydrogens is 232 g/mol. The van der Waals surface area contributed by atoms with E-state index in [1.807, 2.05) is 6.07 Å². The Labute approximate surface area is 113 Å². The minimum absolute atomic E-state index is 0.332. The molecule has 0 fully saturated rings. The molecule has 0 spiro atoms. The second-order valence-electron chi connectivity index (χ2n) is 4.76. The van der Waals surface area contributed by atoms with Crippen molar-refractivity contribution in [2.24, 2.45) is 0 Å². The highest BCUT2D eigenvalue weighted by atomic mass is 14.9. The number of hydrogen-bond acceptors (Lipinski definition) is 1. The fourth-order valence-corrected chi connectivity index (χ4v) is 2.52. The maximum atomic E-state index is 3.60. The average Bonchev–Trinajstić information content (AvgIpc) is 2.90. The van der Waals surface area contributed by atoms with Gasteiger partial charge in [0, 0.05) is 22.8 Å². The summed E-state index contributed by atoms with van der Waals surface area (Å²) in [5, 5.41) is 4.91. The number of fused-ring (bicyclic) bond motifs is 1. The number of nitrogens with one attached hydrogen (secondary N) is 2. The zero-order valence-corrected chi connectivity index (χ0v) is 11.1. The third-order valence-electron chi connectivity index (χ3n) is 3.52. The summed E-state index contributed by atoms with van der Waals surface area (Å²) in [5.74, 6) is 0. The van der Waals surface area contributed by atoms with Crippen LogP contribution in [0.15, 0.2) is 60.8 Å². The van der Waals surface area contributed by atoms with E-state index in [2.05, 4.69) is 72.0 Å². The minimum atomic E-state index is 0.332. The first-order valence-electron chi connectivity index (χ1n) is 6.76. The normalized spacial score (nSPS) is 12.5. The van der Waals surface area contributed by atoms with Crippen molar-refractivity contribution < 1.29 is 0 Å². The van der Waals surface area contributed by atoms with E-state index in [0.29, 0.717) is 6.04 Å². The van der Waals surface area contributed by atoms with E-state index < -0.39 is 0 Å². The van der Waals surface area contributed by atoms with E-state index in [4.69, 9.17) is 0 Å². The van der Waals surface area contributed by atoms with Crippen molar-refractivity contribution in [3.8, 4) is 0 Å². The quantitative estimate of drug-likeness (QED) is 0.688. The van der Waals surface area contributed by atoms with Gasteiger partial charge in [-0.3, -0.25) is 0 Å². The second kappa shape index (κ2) is 5.19. The van der Waals surface area contributed by atoms with Gasteiger partial charge in [0.15, 0.2) is 0 Å². The first-order chi connectivity index (χ1) is 9.38. The predicted octanol–water partition coefficient (Wildman–Crippen LogP) is 4.73. The summed E-state index contributed by atoms with van der Waals surface area (Å²) >= 11 is 0. The SMILES string of the molecule is CCC(Nc1ccccc1)c1c[nH]c2ccccc12. The van der Waals surface area contributed by atoms with Gasteiger partial charge >= 0.3 is 0 Å². The van der Waals surface area contributed by atoms with Crippen LogP contribution in [0.2, 0.25) is 0 Å². The summed E-state index contributed by atoms with van der Waals surface area (Å²) in [6, 6.07) is 19.2. The Hall–Kier alpha value is -2.22. The maximum absolute atomic E-state index is 3.60. The Bertz CT molecular complexity index is 655. The Morgan fingerprint density at radius 2 is 1.74 bits per heavy atom. The molecule has 0 aliphatic heterocycles. The summed E-state index contributed by atoms with van der Waals surface area (Å²) in [4.78, 5) is 3.35. The molecule has 0 radical (unpaired) electrons. The minimum Gasteiger partial charge on any atom is -0.378 e. The fraction of sp³-hybridized carbons (Fsp3) is 0.176. The monoisotopic (exact) mass is 250 g/mol. The molecule has 2 heteroatoms. The molecule has 1 unspecified atom stereocenters. The fourth-order valence-electron chi connectivity index (χ4n) is 2.52. The number of benzene rings is 2. The largest absolute Gasteiger partial charge is 0.378 e. The molecule has 0 aliphatic rings. The molecule has 19 heavy (non-hydrogen) atoms. The molecule has 96 valence electrons. The van der Waals surface area contributed by atoms with Crippen LogP contribution in [0.25, 0.3) is 10.9 Å². The van der Waals surface area contributed by atoms with Gasteiger partial charge in [-0.1, -0.05) is 43.3 Å². The molecule has 3 rings (SSSR count). The van der Waals surface area contributed by atoms with Crippen LogP contribution in [0.3, 0.4) is 0 Å². The lowest BCUT2D eigenvalue weighted by Crippen LogP contribution is -2.08. The first kappa shape index (κ1) is 11.8. The van der Waals surface area contributed by atoms with Crippen LogP contribution in [0.4, 0.5) is 5.69 Å². The molecule has 0 saturated heterocycles. The van der Waals surface area contributed by atoms with Crippen molar-refractivity contribution in [3.63, 3.8) is 0 Å². The number of aromatic amines is 1. The van der Waals surface area contributed by atoms with Gasteiger partial charge in [0.25, 0.3) is 0 Å². The molecule has 2 N–H and O–H groups in total. The highest BCUT2D eigenvalue weighted by Gasteiger charge is 2.13. The van der Waals surface area contributed by atoms with Crippen molar-refractivity contribution >= 4 is 16.6 Å².